The van der Waals surface area contributed by atoms with Gasteiger partial charge < -0.3 is 10.4 Å². The molecule has 1 aliphatic heterocycles. The highest BCUT2D eigenvalue weighted by Crippen LogP contribution is 2.36. The Bertz CT molecular complexity index is 952. The molecule has 7 nitrogen and oxygen atoms in total. The van der Waals surface area contributed by atoms with Gasteiger partial charge in [-0.15, -0.1) is 11.3 Å². The fourth-order valence-corrected chi connectivity index (χ4v) is 5.24. The molecule has 0 fully saturated rings. The number of rotatable bonds is 6. The molecule has 0 bridgehead atoms. The van der Waals surface area contributed by atoms with Gasteiger partial charge in [0.05, 0.1) is 0 Å². The van der Waals surface area contributed by atoms with Gasteiger partial charge in [0.2, 0.25) is 14.9 Å². The molecule has 1 aromatic carbocycles. The van der Waals surface area contributed by atoms with Gasteiger partial charge in [-0.3, -0.25) is 10.2 Å². The van der Waals surface area contributed by atoms with Crippen molar-refractivity contribution in [2.75, 3.05) is 12.0 Å². The summed E-state index contributed by atoms with van der Waals surface area (Å²) in [6.07, 6.45) is 1.10. The normalized spacial score (nSPS) is 14.9. The van der Waals surface area contributed by atoms with Gasteiger partial charge in [-0.05, 0) is 36.6 Å². The van der Waals surface area contributed by atoms with Crippen LogP contribution < -0.4 is 10.7 Å². The van der Waals surface area contributed by atoms with Crippen molar-refractivity contribution in [1.29, 1.82) is 0 Å². The summed E-state index contributed by atoms with van der Waals surface area (Å²) < 4.78 is 25.4. The number of nitrogens with one attached hydrogen (secondary N) is 2. The average molecular weight is 414 g/mol. The van der Waals surface area contributed by atoms with Crippen LogP contribution in [0.4, 0.5) is 5.00 Å². The summed E-state index contributed by atoms with van der Waals surface area (Å²) in [4.78, 5) is 13.2. The summed E-state index contributed by atoms with van der Waals surface area (Å²) in [5.74, 6) is -0.777. The molecule has 1 amide bonds. The number of carbonyl (C=O) groups is 1. The number of hydrogen-bond donors (Lipinski definition) is 3. The summed E-state index contributed by atoms with van der Waals surface area (Å²) in [6.45, 7) is 0.181. The van der Waals surface area contributed by atoms with Crippen LogP contribution in [-0.4, -0.2) is 31.1 Å². The highest BCUT2D eigenvalue weighted by molar-refractivity contribution is 8.08. The number of fused-ring (bicyclic) bond motifs is 1. The number of aliphatic hydroxyl groups is 1. The molecule has 138 valence electrons. The average Bonchev–Trinajstić information content (AvgIpc) is 3.04. The third kappa shape index (κ3) is 3.90. The van der Waals surface area contributed by atoms with Gasteiger partial charge in [0, 0.05) is 23.1 Å². The minimum Gasteiger partial charge on any atom is -0.396 e. The van der Waals surface area contributed by atoms with Gasteiger partial charge in [-0.2, -0.15) is 5.10 Å². The van der Waals surface area contributed by atoms with E-state index in [9.17, 15) is 13.2 Å². The number of hydrogen-bond acceptors (Lipinski definition) is 7. The molecule has 0 aliphatic carbocycles. The van der Waals surface area contributed by atoms with Gasteiger partial charge in [0.1, 0.15) is 9.90 Å². The number of anilines is 1. The summed E-state index contributed by atoms with van der Waals surface area (Å²) in [5.41, 5.74) is 3.42. The third-order valence-electron chi connectivity index (χ3n) is 3.69. The van der Waals surface area contributed by atoms with Crippen molar-refractivity contribution in [3.05, 3.63) is 45.8 Å². The number of halogens is 1. The first-order valence-electron chi connectivity index (χ1n) is 7.77. The van der Waals surface area contributed by atoms with E-state index < -0.39 is 20.8 Å². The number of hydrazone groups is 1. The maximum Gasteiger partial charge on any atom is 0.284 e. The standard InChI is InChI=1S/C16H16ClN3O4S2/c17-11-5-3-10(4-6-11)9-18-14(22)16-20-19-15-13(26(16,23)24)8-12(25-15)2-1-7-21/h3-6,8,19,21H,1-2,7,9H2,(H,18,22). The topological polar surface area (TPSA) is 108 Å². The Kier molecular flexibility index (Phi) is 5.61. The maximum atomic E-state index is 12.7. The number of benzene rings is 1. The SMILES string of the molecule is O=C(NCc1ccc(Cl)cc1)C1=NNc2sc(CCCO)cc2S1(=O)=O. The van der Waals surface area contributed by atoms with Crippen LogP contribution in [0, 0.1) is 0 Å². The second-order valence-corrected chi connectivity index (χ2v) is 8.98. The number of carbonyl (C=O) groups excluding carboxylic acids is 1. The van der Waals surface area contributed by atoms with Crippen LogP contribution >= 0.6 is 22.9 Å². The molecule has 0 saturated heterocycles. The van der Waals surface area contributed by atoms with Crippen LogP contribution in [0.15, 0.2) is 40.3 Å². The van der Waals surface area contributed by atoms with E-state index in [0.717, 1.165) is 10.4 Å². The third-order valence-corrected chi connectivity index (χ3v) is 6.86. The van der Waals surface area contributed by atoms with Crippen molar-refractivity contribution in [3.8, 4) is 0 Å². The number of amides is 1. The summed E-state index contributed by atoms with van der Waals surface area (Å²) in [5, 5.41) is 15.6. The number of nitrogens with zero attached hydrogens (tertiary/aromatic N) is 1. The Labute approximate surface area is 159 Å². The Hall–Kier alpha value is -1.94. The van der Waals surface area contributed by atoms with Gasteiger partial charge in [0.15, 0.2) is 0 Å². The monoisotopic (exact) mass is 413 g/mol. The largest absolute Gasteiger partial charge is 0.396 e. The zero-order valence-electron chi connectivity index (χ0n) is 13.5. The molecule has 0 unspecified atom stereocenters. The predicted octanol–water partition coefficient (Wildman–Crippen LogP) is 2.16. The predicted molar refractivity (Wildman–Crippen MR) is 101 cm³/mol. The summed E-state index contributed by atoms with van der Waals surface area (Å²) in [7, 11) is -4.00. The lowest BCUT2D eigenvalue weighted by Gasteiger charge is -2.14. The molecule has 1 aliphatic rings. The van der Waals surface area contributed by atoms with Gasteiger partial charge in [-0.1, -0.05) is 23.7 Å². The van der Waals surface area contributed by atoms with Crippen molar-refractivity contribution in [3.63, 3.8) is 0 Å². The number of aliphatic hydroxyl groups excluding tert-OH is 1. The second-order valence-electron chi connectivity index (χ2n) is 5.57. The lowest BCUT2D eigenvalue weighted by atomic mass is 10.2. The van der Waals surface area contributed by atoms with E-state index >= 15 is 0 Å². The second kappa shape index (κ2) is 7.75. The first kappa shape index (κ1) is 18.8. The van der Waals surface area contributed by atoms with E-state index in [1.54, 1.807) is 24.3 Å². The Morgan fingerprint density at radius 1 is 1.31 bits per heavy atom. The molecule has 26 heavy (non-hydrogen) atoms. The molecule has 1 aromatic heterocycles. The van der Waals surface area contributed by atoms with E-state index in [0.29, 0.717) is 22.9 Å². The molecule has 0 radical (unpaired) electrons. The molecule has 2 heterocycles. The van der Waals surface area contributed by atoms with Crippen molar-refractivity contribution >= 4 is 48.7 Å². The molecule has 3 N–H and O–H groups in total. The number of aryl methyl sites for hydroxylation is 1. The maximum absolute atomic E-state index is 12.7. The molecular formula is C16H16ClN3O4S2. The quantitative estimate of drug-likeness (QED) is 0.672. The van der Waals surface area contributed by atoms with Gasteiger partial charge in [-0.25, -0.2) is 8.42 Å². The minimum atomic E-state index is -4.00. The molecular weight excluding hydrogens is 398 g/mol. The van der Waals surface area contributed by atoms with Crippen LogP contribution in [0.5, 0.6) is 0 Å². The zero-order chi connectivity index (χ0) is 18.7. The smallest absolute Gasteiger partial charge is 0.284 e. The lowest BCUT2D eigenvalue weighted by molar-refractivity contribution is -0.114. The fourth-order valence-electron chi connectivity index (χ4n) is 2.38. The first-order valence-corrected chi connectivity index (χ1v) is 10.4. The van der Waals surface area contributed by atoms with E-state index in [1.807, 2.05) is 0 Å². The van der Waals surface area contributed by atoms with Crippen molar-refractivity contribution in [2.24, 2.45) is 5.10 Å². The van der Waals surface area contributed by atoms with Crippen LogP contribution in [-0.2, 0) is 27.6 Å². The fraction of sp³-hybridized carbons (Fsp3) is 0.250. The van der Waals surface area contributed by atoms with E-state index in [2.05, 4.69) is 15.8 Å². The van der Waals surface area contributed by atoms with Gasteiger partial charge in [0.25, 0.3) is 5.91 Å². The molecule has 3 rings (SSSR count). The number of thiophene rings is 1. The highest BCUT2D eigenvalue weighted by Gasteiger charge is 2.36. The Morgan fingerprint density at radius 3 is 2.73 bits per heavy atom. The summed E-state index contributed by atoms with van der Waals surface area (Å²) in [6, 6.07) is 8.38. The lowest BCUT2D eigenvalue weighted by Crippen LogP contribution is -2.37. The minimum absolute atomic E-state index is 0.0254. The number of sulfone groups is 1. The molecule has 10 heteroatoms. The van der Waals surface area contributed by atoms with E-state index in [-0.39, 0.29) is 18.0 Å². The van der Waals surface area contributed by atoms with Crippen LogP contribution in [0.3, 0.4) is 0 Å². The molecule has 0 saturated carbocycles. The Morgan fingerprint density at radius 2 is 2.04 bits per heavy atom. The Balaban J connectivity index is 1.74. The van der Waals surface area contributed by atoms with Crippen molar-refractivity contribution < 1.29 is 18.3 Å². The molecule has 2 aromatic rings. The zero-order valence-corrected chi connectivity index (χ0v) is 15.9. The van der Waals surface area contributed by atoms with E-state index in [4.69, 9.17) is 16.7 Å². The first-order chi connectivity index (χ1) is 12.4. The van der Waals surface area contributed by atoms with Crippen LogP contribution in [0.25, 0.3) is 0 Å². The van der Waals surface area contributed by atoms with Crippen molar-refractivity contribution in [2.45, 2.75) is 24.3 Å². The molecule has 0 atom stereocenters. The summed E-state index contributed by atoms with van der Waals surface area (Å²) >= 11 is 7.06. The van der Waals surface area contributed by atoms with Crippen molar-refractivity contribution in [1.82, 2.24) is 5.32 Å². The van der Waals surface area contributed by atoms with E-state index in [1.165, 1.54) is 17.4 Å². The van der Waals surface area contributed by atoms with Crippen LogP contribution in [0.2, 0.25) is 5.02 Å². The highest BCUT2D eigenvalue weighted by atomic mass is 35.5. The van der Waals surface area contributed by atoms with Gasteiger partial charge >= 0.3 is 0 Å². The molecule has 0 spiro atoms. The van der Waals surface area contributed by atoms with Crippen LogP contribution in [0.1, 0.15) is 16.9 Å².